The van der Waals surface area contributed by atoms with Crippen molar-refractivity contribution in [2.24, 2.45) is 40.9 Å². The Morgan fingerprint density at radius 2 is 0.736 bits per heavy atom. The van der Waals surface area contributed by atoms with Gasteiger partial charge in [0.2, 0.25) is 0 Å². The summed E-state index contributed by atoms with van der Waals surface area (Å²) in [5, 5.41) is 177. The summed E-state index contributed by atoms with van der Waals surface area (Å²) in [5.41, 5.74) is 1.64. The van der Waals surface area contributed by atoms with E-state index in [0.717, 1.165) is 171 Å². The maximum atomic E-state index is 9.29. The molecule has 5 aliphatic heterocycles. The minimum atomic E-state index is -1.20. The lowest BCUT2D eigenvalue weighted by molar-refractivity contribution is -0.155. The molecular formula is C84H158O26. The molecule has 26 heteroatoms. The average Bonchev–Trinajstić information content (AvgIpc) is 1.61. The van der Waals surface area contributed by atoms with E-state index in [1.54, 1.807) is 0 Å². The van der Waals surface area contributed by atoms with Crippen molar-refractivity contribution in [2.75, 3.05) is 33.0 Å². The Bertz CT molecular complexity index is 2050. The molecule has 1 aromatic rings. The Morgan fingerprint density at radius 3 is 1.01 bits per heavy atom. The van der Waals surface area contributed by atoms with Crippen molar-refractivity contribution >= 4 is 0 Å². The van der Waals surface area contributed by atoms with Crippen LogP contribution in [0.1, 0.15) is 279 Å². The number of hydrogen-bond donors (Lipinski definition) is 20. The van der Waals surface area contributed by atoms with Crippen LogP contribution in [-0.2, 0) is 35.0 Å². The molecule has 0 bridgehead atoms. The van der Waals surface area contributed by atoms with E-state index in [2.05, 4.69) is 81.7 Å². The van der Waals surface area contributed by atoms with Crippen molar-refractivity contribution in [3.63, 3.8) is 0 Å². The lowest BCUT2D eigenvalue weighted by Gasteiger charge is -2.35. The molecule has 7 saturated carbocycles. The van der Waals surface area contributed by atoms with Crippen LogP contribution >= 0.6 is 0 Å². The Hall–Kier alpha value is -2.08. The van der Waals surface area contributed by atoms with Crippen molar-refractivity contribution < 1.29 is 131 Å². The summed E-state index contributed by atoms with van der Waals surface area (Å²) in [4.78, 5) is 0. The van der Waals surface area contributed by atoms with E-state index in [1.165, 1.54) is 56.9 Å². The molecule has 5 saturated heterocycles. The summed E-state index contributed by atoms with van der Waals surface area (Å²) in [7, 11) is 0. The van der Waals surface area contributed by atoms with E-state index in [-0.39, 0.29) is 93.1 Å². The van der Waals surface area contributed by atoms with Gasteiger partial charge in [-0.25, -0.2) is 0 Å². The highest BCUT2D eigenvalue weighted by Crippen LogP contribution is 2.38. The summed E-state index contributed by atoms with van der Waals surface area (Å²) >= 11 is 0. The van der Waals surface area contributed by atoms with Gasteiger partial charge in [0.25, 0.3) is 0 Å². The van der Waals surface area contributed by atoms with Gasteiger partial charge < -0.3 is 131 Å². The van der Waals surface area contributed by atoms with Crippen LogP contribution in [0.25, 0.3) is 0 Å². The van der Waals surface area contributed by atoms with E-state index >= 15 is 0 Å². The fourth-order valence-electron chi connectivity index (χ4n) is 14.2. The molecule has 650 valence electrons. The van der Waals surface area contributed by atoms with Gasteiger partial charge >= 0.3 is 0 Å². The van der Waals surface area contributed by atoms with Gasteiger partial charge in [0, 0.05) is 19.3 Å². The predicted molar refractivity (Wildman–Crippen MR) is 420 cm³/mol. The van der Waals surface area contributed by atoms with E-state index < -0.39 is 55.9 Å². The molecule has 21 atom stereocenters. The van der Waals surface area contributed by atoms with Crippen molar-refractivity contribution in [2.45, 2.75) is 409 Å². The van der Waals surface area contributed by atoms with E-state index in [0.29, 0.717) is 56.7 Å². The molecule has 13 aliphatic rings. The van der Waals surface area contributed by atoms with Gasteiger partial charge in [-0.15, -0.1) is 0 Å². The average molecular weight is 1580 g/mol. The summed E-state index contributed by atoms with van der Waals surface area (Å²) in [6, 6.07) is 10.1. The van der Waals surface area contributed by atoms with E-state index in [4.69, 9.17) is 106 Å². The highest BCUT2D eigenvalue weighted by molar-refractivity contribution is 5.13. The van der Waals surface area contributed by atoms with Crippen LogP contribution in [0, 0.1) is 40.9 Å². The van der Waals surface area contributed by atoms with Crippen molar-refractivity contribution in [3.05, 3.63) is 48.0 Å². The zero-order chi connectivity index (χ0) is 82.1. The summed E-state index contributed by atoms with van der Waals surface area (Å²) in [5.74, 6) is 4.63. The first-order valence-electron chi connectivity index (χ1n) is 42.0. The second-order valence-corrected chi connectivity index (χ2v) is 34.2. The van der Waals surface area contributed by atoms with E-state index in [1.807, 2.05) is 30.4 Å². The zero-order valence-electron chi connectivity index (χ0n) is 68.3. The molecule has 1 aromatic carbocycles. The lowest BCUT2D eigenvalue weighted by atomic mass is 9.72. The molecule has 5 heterocycles. The molecule has 0 aromatic heterocycles. The van der Waals surface area contributed by atoms with Crippen LogP contribution in [0.5, 0.6) is 0 Å². The van der Waals surface area contributed by atoms with Crippen molar-refractivity contribution in [1.29, 1.82) is 0 Å². The number of ether oxygens (including phenoxy) is 6. The van der Waals surface area contributed by atoms with Gasteiger partial charge in [-0.3, -0.25) is 0 Å². The monoisotopic (exact) mass is 1580 g/mol. The van der Waals surface area contributed by atoms with Gasteiger partial charge in [-0.2, -0.15) is 0 Å². The maximum absolute atomic E-state index is 9.29. The topological polar surface area (TPSA) is 460 Å². The Labute approximate surface area is 659 Å². The fourth-order valence-corrected chi connectivity index (χ4v) is 14.2. The third kappa shape index (κ3) is 54.0. The van der Waals surface area contributed by atoms with Crippen molar-refractivity contribution in [3.8, 4) is 0 Å². The largest absolute Gasteiger partial charge is 0.393 e. The first kappa shape index (κ1) is 104. The normalized spacial score (nSPS) is 38.3. The van der Waals surface area contributed by atoms with Crippen LogP contribution < -0.4 is 0 Å². The minimum absolute atomic E-state index is 0.00593. The van der Waals surface area contributed by atoms with Gasteiger partial charge in [-0.1, -0.05) is 111 Å². The van der Waals surface area contributed by atoms with Crippen LogP contribution in [-0.4, -0.2) is 264 Å². The van der Waals surface area contributed by atoms with Crippen molar-refractivity contribution in [1.82, 2.24) is 0 Å². The second-order valence-electron chi connectivity index (χ2n) is 34.2. The number of benzene rings is 1. The molecule has 0 radical (unpaired) electrons. The number of aliphatic hydroxyl groups excluding tert-OH is 20. The number of rotatable bonds is 3. The first-order chi connectivity index (χ1) is 52.0. The quantitative estimate of drug-likeness (QED) is 0.132. The van der Waals surface area contributed by atoms with Gasteiger partial charge in [-0.05, 0) is 233 Å². The van der Waals surface area contributed by atoms with Gasteiger partial charge in [0.15, 0.2) is 31.5 Å². The number of hydrogen-bond acceptors (Lipinski definition) is 26. The fraction of sp³-hybridized carbons (Fsp3) is 0.905. The third-order valence-electron chi connectivity index (χ3n) is 21.9. The van der Waals surface area contributed by atoms with Crippen LogP contribution in [0.4, 0.5) is 0 Å². The molecular weight excluding hydrogens is 1420 g/mol. The Morgan fingerprint density at radius 1 is 0.318 bits per heavy atom. The highest BCUT2D eigenvalue weighted by atomic mass is 16.6. The molecule has 14 rings (SSSR count). The standard InChI is InChI=1S/C13H16O2.C10H20O.2C7H14O.3C6H12O2.2C6H12O.C5H10O3.C4H8O4.2C4H8O3/c14-12-6-8-13(9-7-12)15-10-11-4-2-1-3-5-11;1-10(2,3)8-4-6-9(11)7-5-8;1-6-2-4-7(8)5-3-6;1-6-3-2-4-7(8)5-6;1-5-2-3-6(7)8-4-5;7-5-1-2-6(8)4-3-5;7-5-2-1-3-6(8)4-5;2*1-5-2-3-6(7)4-5;6-4-1-2-5(7)8-3-4;5-2-1-8-4(7)3(2)6;5-3-1-4(6)7-2-3;5-3-1-2-7-4(3)6/h1-6,8,12-14H,7,9-10H2;8-9,11H,4-7H2,1-3H3;2*6-8H,2-5H2,1H3;5-7H,2-4H2,1H3;2*5-8H,1-4H2;2*5-7H,2-4H2,1H3;4-7H,1-3H2;2-7H,1H2;2*3-6H,1-2H2/t12-,13?;;;6-,7?;5-,6?;;5-,6?;5-,6+;5-,6-;4-,5?;2-,3?,4?;2*3-,4?/m1..01.0111010/s1. The summed E-state index contributed by atoms with van der Waals surface area (Å²) in [6.07, 6.45) is 27.8. The maximum Gasteiger partial charge on any atom is 0.183 e. The second kappa shape index (κ2) is 60.4. The molecule has 8 aliphatic carbocycles. The third-order valence-corrected chi connectivity index (χ3v) is 21.9. The molecule has 26 nitrogen and oxygen atoms in total. The summed E-state index contributed by atoms with van der Waals surface area (Å²) in [6.45, 7) is 20.3. The molecule has 0 amide bonds. The highest BCUT2D eigenvalue weighted by Gasteiger charge is 2.33. The van der Waals surface area contributed by atoms with Crippen LogP contribution in [0.15, 0.2) is 42.5 Å². The molecule has 110 heavy (non-hydrogen) atoms. The number of aliphatic hydroxyl groups is 20. The molecule has 20 N–H and O–H groups in total. The molecule has 0 spiro atoms. The van der Waals surface area contributed by atoms with Gasteiger partial charge in [0.05, 0.1) is 119 Å². The van der Waals surface area contributed by atoms with Gasteiger partial charge in [0.1, 0.15) is 18.3 Å². The van der Waals surface area contributed by atoms with Crippen LogP contribution in [0.2, 0.25) is 0 Å². The smallest absolute Gasteiger partial charge is 0.183 e. The molecule has 9 unspecified atom stereocenters. The lowest BCUT2D eigenvalue weighted by Crippen LogP contribution is -2.29. The summed E-state index contributed by atoms with van der Waals surface area (Å²) < 4.78 is 28.9. The zero-order valence-corrected chi connectivity index (χ0v) is 68.3. The Kier molecular flexibility index (Phi) is 57.1. The molecule has 12 fully saturated rings. The SMILES string of the molecule is CC(C)(C)C1CCC(O)CC1.CC1CCC(O)CC1.C[C@@H]1CCC(O)OC1.C[C@@H]1CC[C@@H](O)C1.C[C@@H]1CC[C@H](O)C1.C[C@H]1CCCC(O)C1.OC1CCC(O)CC1.OC1CCC[C@H](O)C1.OC1CC[C@@H](O)CO1.OC1C[C@@H](O)CO1.OC1OCC[C@@H]1O.OC1OC[C@H](O)C1O.O[C@@H]1C=CC(OCc2ccccc2)CC1. The Balaban J connectivity index is 0.000000407. The first-order valence-corrected chi connectivity index (χ1v) is 42.0. The predicted octanol–water partition coefficient (Wildman–Crippen LogP) is 7.34. The van der Waals surface area contributed by atoms with Crippen LogP contribution in [0.3, 0.4) is 0 Å². The minimum Gasteiger partial charge on any atom is -0.393 e. The van der Waals surface area contributed by atoms with E-state index in [9.17, 15) is 10.2 Å².